The number of rotatable bonds is 6. The molecule has 206 valence electrons. The van der Waals surface area contributed by atoms with Gasteiger partial charge in [0.15, 0.2) is 0 Å². The molecule has 8 heteroatoms. The van der Waals surface area contributed by atoms with Crippen LogP contribution in [0.4, 0.5) is 5.69 Å². The van der Waals surface area contributed by atoms with E-state index in [1.807, 2.05) is 71.6 Å². The summed E-state index contributed by atoms with van der Waals surface area (Å²) in [5.74, 6) is -0.121. The molecule has 3 aromatic carbocycles. The van der Waals surface area contributed by atoms with Gasteiger partial charge in [0.05, 0.1) is 24.6 Å². The first kappa shape index (κ1) is 26.1. The SMILES string of the molecule is Cn1c(C(=O)N2CCNC[C@H]2Cc2ccccc2)c(-c2ccccc2)n(-c2cccc(N3CCOCC3)c2)c1=O. The molecule has 2 aliphatic heterocycles. The molecule has 3 heterocycles. The van der Waals surface area contributed by atoms with Crippen LogP contribution in [0, 0.1) is 0 Å². The Bertz CT molecular complexity index is 1520. The smallest absolute Gasteiger partial charge is 0.333 e. The maximum Gasteiger partial charge on any atom is 0.333 e. The van der Waals surface area contributed by atoms with E-state index in [0.717, 1.165) is 36.4 Å². The fraction of sp³-hybridized carbons (Fsp3) is 0.312. The summed E-state index contributed by atoms with van der Waals surface area (Å²) in [6.07, 6.45) is 0.747. The summed E-state index contributed by atoms with van der Waals surface area (Å²) in [6, 6.07) is 28.0. The lowest BCUT2D eigenvalue weighted by Gasteiger charge is -2.36. The Hall–Kier alpha value is -4.14. The van der Waals surface area contributed by atoms with E-state index in [1.165, 1.54) is 10.1 Å². The lowest BCUT2D eigenvalue weighted by molar-refractivity contribution is 0.0626. The molecule has 0 bridgehead atoms. The van der Waals surface area contributed by atoms with Crippen molar-refractivity contribution in [2.75, 3.05) is 50.8 Å². The molecule has 0 spiro atoms. The van der Waals surface area contributed by atoms with Crippen LogP contribution in [0.5, 0.6) is 0 Å². The number of ether oxygens (including phenoxy) is 1. The predicted molar refractivity (Wildman–Crippen MR) is 157 cm³/mol. The lowest BCUT2D eigenvalue weighted by Crippen LogP contribution is -2.55. The maximum absolute atomic E-state index is 14.4. The van der Waals surface area contributed by atoms with Gasteiger partial charge in [-0.2, -0.15) is 0 Å². The number of hydrogen-bond acceptors (Lipinski definition) is 5. The largest absolute Gasteiger partial charge is 0.378 e. The number of carbonyl (C=O) groups excluding carboxylic acids is 1. The Kier molecular flexibility index (Phi) is 7.53. The van der Waals surface area contributed by atoms with Gasteiger partial charge in [0.2, 0.25) is 0 Å². The molecule has 2 fully saturated rings. The van der Waals surface area contributed by atoms with E-state index in [4.69, 9.17) is 4.74 Å². The van der Waals surface area contributed by atoms with Crippen LogP contribution in [-0.4, -0.2) is 71.9 Å². The van der Waals surface area contributed by atoms with Crippen molar-refractivity contribution in [3.8, 4) is 16.9 Å². The van der Waals surface area contributed by atoms with E-state index >= 15 is 0 Å². The number of piperazine rings is 1. The Morgan fingerprint density at radius 3 is 2.35 bits per heavy atom. The van der Waals surface area contributed by atoms with Crippen molar-refractivity contribution in [2.24, 2.45) is 7.05 Å². The summed E-state index contributed by atoms with van der Waals surface area (Å²) < 4.78 is 8.75. The second-order valence-electron chi connectivity index (χ2n) is 10.4. The molecule has 6 rings (SSSR count). The van der Waals surface area contributed by atoms with Crippen molar-refractivity contribution in [1.29, 1.82) is 0 Å². The lowest BCUT2D eigenvalue weighted by atomic mass is 10.0. The number of carbonyl (C=O) groups is 1. The number of amides is 1. The van der Waals surface area contributed by atoms with Gasteiger partial charge in [-0.1, -0.05) is 66.7 Å². The zero-order valence-corrected chi connectivity index (χ0v) is 22.8. The molecular formula is C32H35N5O3. The number of nitrogens with one attached hydrogen (secondary N) is 1. The first-order chi connectivity index (χ1) is 19.6. The Morgan fingerprint density at radius 1 is 0.900 bits per heavy atom. The number of hydrogen-bond donors (Lipinski definition) is 1. The Balaban J connectivity index is 1.45. The van der Waals surface area contributed by atoms with Crippen LogP contribution in [0.1, 0.15) is 16.1 Å². The number of anilines is 1. The maximum atomic E-state index is 14.4. The topological polar surface area (TPSA) is 71.7 Å². The molecule has 1 N–H and O–H groups in total. The monoisotopic (exact) mass is 537 g/mol. The average Bonchev–Trinajstić information content (AvgIpc) is 3.28. The summed E-state index contributed by atoms with van der Waals surface area (Å²) >= 11 is 0. The van der Waals surface area contributed by atoms with Crippen molar-refractivity contribution in [3.63, 3.8) is 0 Å². The van der Waals surface area contributed by atoms with Gasteiger partial charge in [0.25, 0.3) is 5.91 Å². The third-order valence-corrected chi connectivity index (χ3v) is 7.90. The molecule has 0 unspecified atom stereocenters. The van der Waals surface area contributed by atoms with Gasteiger partial charge < -0.3 is 19.9 Å². The average molecular weight is 538 g/mol. The number of imidazole rings is 1. The van der Waals surface area contributed by atoms with E-state index < -0.39 is 0 Å². The van der Waals surface area contributed by atoms with Crippen molar-refractivity contribution < 1.29 is 9.53 Å². The Labute approximate surface area is 234 Å². The molecule has 0 aliphatic carbocycles. The van der Waals surface area contributed by atoms with Crippen LogP contribution in [-0.2, 0) is 18.2 Å². The van der Waals surface area contributed by atoms with Crippen LogP contribution >= 0.6 is 0 Å². The van der Waals surface area contributed by atoms with Gasteiger partial charge in [-0.25, -0.2) is 4.79 Å². The summed E-state index contributed by atoms with van der Waals surface area (Å²) in [4.78, 5) is 32.6. The van der Waals surface area contributed by atoms with Gasteiger partial charge in [0, 0.05) is 57.1 Å². The molecule has 8 nitrogen and oxygen atoms in total. The molecule has 1 amide bonds. The van der Waals surface area contributed by atoms with Gasteiger partial charge in [-0.3, -0.25) is 13.9 Å². The molecule has 4 aromatic rings. The molecular weight excluding hydrogens is 502 g/mol. The predicted octanol–water partition coefficient (Wildman–Crippen LogP) is 3.34. The molecule has 40 heavy (non-hydrogen) atoms. The second kappa shape index (κ2) is 11.5. The van der Waals surface area contributed by atoms with Gasteiger partial charge in [0.1, 0.15) is 5.69 Å². The van der Waals surface area contributed by atoms with Crippen LogP contribution in [0.25, 0.3) is 16.9 Å². The van der Waals surface area contributed by atoms with E-state index in [-0.39, 0.29) is 17.6 Å². The summed E-state index contributed by atoms with van der Waals surface area (Å²) in [5.41, 5.74) is 4.58. The molecule has 0 saturated carbocycles. The number of benzene rings is 3. The van der Waals surface area contributed by atoms with E-state index in [9.17, 15) is 9.59 Å². The second-order valence-corrected chi connectivity index (χ2v) is 10.4. The number of aromatic nitrogens is 2. The van der Waals surface area contributed by atoms with Crippen molar-refractivity contribution in [1.82, 2.24) is 19.4 Å². The molecule has 1 atom stereocenters. The zero-order chi connectivity index (χ0) is 27.5. The highest BCUT2D eigenvalue weighted by molar-refractivity contribution is 5.99. The highest BCUT2D eigenvalue weighted by Gasteiger charge is 2.33. The normalized spacial score (nSPS) is 17.7. The van der Waals surface area contributed by atoms with Gasteiger partial charge >= 0.3 is 5.69 Å². The molecule has 2 saturated heterocycles. The van der Waals surface area contributed by atoms with E-state index in [0.29, 0.717) is 44.2 Å². The quantitative estimate of drug-likeness (QED) is 0.409. The fourth-order valence-corrected chi connectivity index (χ4v) is 5.84. The zero-order valence-electron chi connectivity index (χ0n) is 22.8. The van der Waals surface area contributed by atoms with E-state index in [1.54, 1.807) is 11.6 Å². The third-order valence-electron chi connectivity index (χ3n) is 7.90. The first-order valence-electron chi connectivity index (χ1n) is 14.0. The summed E-state index contributed by atoms with van der Waals surface area (Å²) in [5, 5.41) is 3.45. The molecule has 2 aliphatic rings. The van der Waals surface area contributed by atoms with Gasteiger partial charge in [-0.15, -0.1) is 0 Å². The summed E-state index contributed by atoms with van der Waals surface area (Å²) in [7, 11) is 1.71. The van der Waals surface area contributed by atoms with Crippen LogP contribution < -0.4 is 15.9 Å². The minimum absolute atomic E-state index is 0.0182. The van der Waals surface area contributed by atoms with Crippen molar-refractivity contribution in [2.45, 2.75) is 12.5 Å². The first-order valence-corrected chi connectivity index (χ1v) is 14.0. The van der Waals surface area contributed by atoms with Crippen molar-refractivity contribution >= 4 is 11.6 Å². The van der Waals surface area contributed by atoms with Crippen LogP contribution in [0.3, 0.4) is 0 Å². The number of nitrogens with zero attached hydrogens (tertiary/aromatic N) is 4. The van der Waals surface area contributed by atoms with Crippen molar-refractivity contribution in [3.05, 3.63) is 107 Å². The highest BCUT2D eigenvalue weighted by Crippen LogP contribution is 2.29. The molecule has 0 radical (unpaired) electrons. The van der Waals surface area contributed by atoms with E-state index in [2.05, 4.69) is 28.4 Å². The van der Waals surface area contributed by atoms with Crippen LogP contribution in [0.2, 0.25) is 0 Å². The summed E-state index contributed by atoms with van der Waals surface area (Å²) in [6.45, 7) is 4.96. The minimum atomic E-state index is -0.240. The minimum Gasteiger partial charge on any atom is -0.378 e. The standard InChI is InChI=1S/C32H35N5O3/c1-34-30(31(38)36-16-15-33-23-28(36)21-24-9-4-2-5-10-24)29(25-11-6-3-7-12-25)37(32(34)39)27-14-8-13-26(22-27)35-17-19-40-20-18-35/h2-14,22,28,33H,15-21,23H2,1H3/t28-/m1/s1. The number of morpholine rings is 1. The van der Waals surface area contributed by atoms with Crippen LogP contribution in [0.15, 0.2) is 89.7 Å². The van der Waals surface area contributed by atoms with Gasteiger partial charge in [-0.05, 0) is 30.2 Å². The fourth-order valence-electron chi connectivity index (χ4n) is 5.84. The third kappa shape index (κ3) is 5.08. The Morgan fingerprint density at radius 2 is 1.60 bits per heavy atom. The highest BCUT2D eigenvalue weighted by atomic mass is 16.5. The molecule has 1 aromatic heterocycles.